The number of hydrogen-bond acceptors (Lipinski definition) is 0. The molecule has 0 unspecified atom stereocenters. The third kappa shape index (κ3) is 26.9. The van der Waals surface area contributed by atoms with E-state index in [1.165, 1.54) is 0 Å². The first-order chi connectivity index (χ1) is 0. The number of hydrogen-bond donors (Lipinski definition) is 0. The van der Waals surface area contributed by atoms with E-state index in [1.54, 1.807) is 0 Å². The maximum Gasteiger partial charge on any atom is 1.00 e. The molecule has 0 aliphatic carbocycles. The second-order valence-corrected chi connectivity index (χ2v) is 0. The smallest absolute Gasteiger partial charge is 1.00 e. The van der Waals surface area contributed by atoms with E-state index in [4.69, 9.17) is 0 Å². The normalized spacial score (nSPS) is 0. The summed E-state index contributed by atoms with van der Waals surface area (Å²) in [6.45, 7) is 0. The molecule has 0 nitrogen and oxygen atoms in total. The van der Waals surface area contributed by atoms with Crippen molar-refractivity contribution in [1.82, 2.24) is 0 Å². The molecule has 6 heteroatoms. The minimum atomic E-state index is 0. The Morgan fingerprint density at radius 3 is 0.833 bits per heavy atom. The topological polar surface area (TPSA) is 0 Å². The van der Waals surface area contributed by atoms with Gasteiger partial charge in [-0.15, -0.1) is 0 Å². The summed E-state index contributed by atoms with van der Waals surface area (Å²) < 4.78 is 0. The fraction of sp³-hybridized carbons (Fsp3) is 0. The summed E-state index contributed by atoms with van der Waals surface area (Å²) in [6, 6.07) is 0. The first-order valence-corrected chi connectivity index (χ1v) is 0. The van der Waals surface area contributed by atoms with Crippen LogP contribution in [0.3, 0.4) is 0 Å². The van der Waals surface area contributed by atoms with E-state index in [9.17, 15) is 0 Å². The van der Waals surface area contributed by atoms with Crippen molar-refractivity contribution in [1.29, 1.82) is 0 Å². The van der Waals surface area contributed by atoms with E-state index < -0.39 is 0 Å². The Hall–Kier alpha value is 3.23. The molecular formula is H2CoLi2Mn2Ni. The zero-order chi connectivity index (χ0) is 0. The molecule has 0 aromatic heterocycles. The van der Waals surface area contributed by atoms with Gasteiger partial charge in [0, 0.05) is 67.4 Å². The minimum Gasteiger partial charge on any atom is -1.00 e. The van der Waals surface area contributed by atoms with Crippen molar-refractivity contribution in [3.8, 4) is 0 Å². The standard InChI is InChI=1S/Co.2Li.2Mn.Ni.2H/q;2*+1;;;;2*-1. The van der Waals surface area contributed by atoms with Crippen LogP contribution in [0.1, 0.15) is 2.85 Å². The molecule has 0 aliphatic rings. The van der Waals surface area contributed by atoms with E-state index in [2.05, 4.69) is 0 Å². The van der Waals surface area contributed by atoms with Crippen LogP contribution in [0, 0.1) is 0 Å². The van der Waals surface area contributed by atoms with Crippen molar-refractivity contribution < 1.29 is 108 Å². The molecule has 0 amide bonds. The van der Waals surface area contributed by atoms with Gasteiger partial charge < -0.3 is 2.85 Å². The first kappa shape index (κ1) is 59.9. The second-order valence-electron chi connectivity index (χ2n) is 0. The summed E-state index contributed by atoms with van der Waals surface area (Å²) in [7, 11) is 0. The van der Waals surface area contributed by atoms with Crippen molar-refractivity contribution in [2.75, 3.05) is 0 Å². The van der Waals surface area contributed by atoms with Gasteiger partial charge in [-0.2, -0.15) is 0 Å². The molecule has 0 heterocycles. The Labute approximate surface area is 106 Å². The van der Waals surface area contributed by atoms with Crippen LogP contribution in [0.2, 0.25) is 0 Å². The van der Waals surface area contributed by atoms with E-state index >= 15 is 0 Å². The van der Waals surface area contributed by atoms with Crippen molar-refractivity contribution in [3.05, 3.63) is 0 Å². The summed E-state index contributed by atoms with van der Waals surface area (Å²) in [5.74, 6) is 0. The van der Waals surface area contributed by atoms with Gasteiger partial charge in [-0.05, 0) is 0 Å². The molecule has 0 N–H and O–H groups in total. The van der Waals surface area contributed by atoms with Gasteiger partial charge >= 0.3 is 37.7 Å². The molecule has 0 atom stereocenters. The predicted octanol–water partition coefficient (Wildman–Crippen LogP) is -5.78. The molecule has 0 saturated carbocycles. The average molecular weight is 243 g/mol. The summed E-state index contributed by atoms with van der Waals surface area (Å²) in [5, 5.41) is 0. The summed E-state index contributed by atoms with van der Waals surface area (Å²) >= 11 is 0. The largest absolute Gasteiger partial charge is 1.00 e. The molecule has 0 spiro atoms. The van der Waals surface area contributed by atoms with E-state index in [-0.39, 0.29) is 108 Å². The molecule has 0 aliphatic heterocycles. The molecule has 0 aromatic carbocycles. The van der Waals surface area contributed by atoms with Gasteiger partial charge in [0.15, 0.2) is 0 Å². The van der Waals surface area contributed by atoms with Gasteiger partial charge in [0.05, 0.1) is 0 Å². The Bertz CT molecular complexity index is 18.0. The monoisotopic (exact) mass is 243 g/mol. The SMILES string of the molecule is [Co].[H-].[H-].[Li+].[Li+].[Mn].[Mn].[Ni]. The first-order valence-electron chi connectivity index (χ1n) is 0. The molecule has 0 aromatic rings. The maximum absolute atomic E-state index is 0. The quantitative estimate of drug-likeness (QED) is 0.372. The molecular weight excluding hydrogens is 241 g/mol. The van der Waals surface area contributed by atoms with Crippen LogP contribution in [-0.4, -0.2) is 0 Å². The van der Waals surface area contributed by atoms with Crippen LogP contribution >= 0.6 is 0 Å². The van der Waals surface area contributed by atoms with E-state index in [0.717, 1.165) is 0 Å². The fourth-order valence-electron chi connectivity index (χ4n) is 0. The van der Waals surface area contributed by atoms with Crippen LogP contribution in [0.4, 0.5) is 0 Å². The van der Waals surface area contributed by atoms with Gasteiger partial charge in [0.25, 0.3) is 0 Å². The molecule has 0 rings (SSSR count). The van der Waals surface area contributed by atoms with Crippen molar-refractivity contribution >= 4 is 0 Å². The number of rotatable bonds is 0. The van der Waals surface area contributed by atoms with Gasteiger partial charge in [-0.1, -0.05) is 0 Å². The summed E-state index contributed by atoms with van der Waals surface area (Å²) in [4.78, 5) is 0. The molecule has 37 valence electrons. The second kappa shape index (κ2) is 41.2. The average Bonchev–Trinajstić information content (AvgIpc) is 0. The van der Waals surface area contributed by atoms with Gasteiger partial charge in [-0.3, -0.25) is 0 Å². The van der Waals surface area contributed by atoms with Crippen molar-refractivity contribution in [2.24, 2.45) is 0 Å². The van der Waals surface area contributed by atoms with Crippen LogP contribution in [0.25, 0.3) is 0 Å². The van der Waals surface area contributed by atoms with Gasteiger partial charge in [-0.25, -0.2) is 0 Å². The zero-order valence-corrected chi connectivity index (χ0v) is 7.79. The van der Waals surface area contributed by atoms with Crippen LogP contribution < -0.4 is 37.7 Å². The Balaban J connectivity index is 0. The molecule has 0 bridgehead atoms. The van der Waals surface area contributed by atoms with E-state index in [1.807, 2.05) is 0 Å². The van der Waals surface area contributed by atoms with Crippen molar-refractivity contribution in [3.63, 3.8) is 0 Å². The minimum absolute atomic E-state index is 0. The Morgan fingerprint density at radius 2 is 0.833 bits per heavy atom. The molecule has 0 saturated heterocycles. The summed E-state index contributed by atoms with van der Waals surface area (Å²) in [6.07, 6.45) is 0. The van der Waals surface area contributed by atoms with Gasteiger partial charge in [0.1, 0.15) is 0 Å². The maximum atomic E-state index is 0. The third-order valence-corrected chi connectivity index (χ3v) is 0. The van der Waals surface area contributed by atoms with Crippen molar-refractivity contribution in [2.45, 2.75) is 0 Å². The predicted molar refractivity (Wildman–Crippen MR) is 2.22 cm³/mol. The Kier molecular flexibility index (Phi) is 411. The van der Waals surface area contributed by atoms with Gasteiger partial charge in [0.2, 0.25) is 0 Å². The molecule has 3 radical (unpaired) electrons. The van der Waals surface area contributed by atoms with Crippen LogP contribution in [0.15, 0.2) is 0 Å². The summed E-state index contributed by atoms with van der Waals surface area (Å²) in [5.41, 5.74) is 0. The molecule has 0 fully saturated rings. The van der Waals surface area contributed by atoms with E-state index in [0.29, 0.717) is 0 Å². The Morgan fingerprint density at radius 1 is 0.833 bits per heavy atom. The zero-order valence-electron chi connectivity index (χ0n) is 5.41. The van der Waals surface area contributed by atoms with Crippen LogP contribution in [-0.2, 0) is 67.4 Å². The third-order valence-electron chi connectivity index (χ3n) is 0. The molecule has 6 heavy (non-hydrogen) atoms. The van der Waals surface area contributed by atoms with Crippen LogP contribution in [0.5, 0.6) is 0 Å². The fourth-order valence-corrected chi connectivity index (χ4v) is 0.